The van der Waals surface area contributed by atoms with Crippen molar-refractivity contribution >= 4 is 18.0 Å². The van der Waals surface area contributed by atoms with Gasteiger partial charge in [0.15, 0.2) is 0 Å². The van der Waals surface area contributed by atoms with Crippen LogP contribution in [-0.2, 0) is 14.3 Å². The molecule has 0 radical (unpaired) electrons. The third-order valence-electron chi connectivity index (χ3n) is 8.05. The van der Waals surface area contributed by atoms with E-state index in [1.807, 2.05) is 24.3 Å². The van der Waals surface area contributed by atoms with Crippen LogP contribution in [0.4, 0.5) is 4.79 Å². The minimum Gasteiger partial charge on any atom is -0.481 e. The number of benzene rings is 2. The highest BCUT2D eigenvalue weighted by molar-refractivity contribution is 5.80. The second-order valence-electron chi connectivity index (χ2n) is 10.3. The average molecular weight is 477 g/mol. The first-order chi connectivity index (χ1) is 16.9. The minimum absolute atomic E-state index is 0.0138. The summed E-state index contributed by atoms with van der Waals surface area (Å²) in [5.41, 5.74) is 4.43. The monoisotopic (exact) mass is 476 g/mol. The molecular formula is C28H32N2O5. The summed E-state index contributed by atoms with van der Waals surface area (Å²) in [5, 5.41) is 15.1. The van der Waals surface area contributed by atoms with Gasteiger partial charge in [-0.3, -0.25) is 9.59 Å². The summed E-state index contributed by atoms with van der Waals surface area (Å²) in [7, 11) is 0. The second-order valence-corrected chi connectivity index (χ2v) is 10.3. The van der Waals surface area contributed by atoms with Crippen molar-refractivity contribution in [2.45, 2.75) is 56.9 Å². The van der Waals surface area contributed by atoms with Crippen molar-refractivity contribution in [1.82, 2.24) is 10.6 Å². The van der Waals surface area contributed by atoms with Crippen molar-refractivity contribution in [2.75, 3.05) is 13.2 Å². The van der Waals surface area contributed by atoms with Crippen molar-refractivity contribution in [2.24, 2.45) is 11.3 Å². The summed E-state index contributed by atoms with van der Waals surface area (Å²) in [5.74, 6) is -1.01. The van der Waals surface area contributed by atoms with Gasteiger partial charge in [0.05, 0.1) is 6.42 Å². The lowest BCUT2D eigenvalue weighted by molar-refractivity contribution is -0.142. The van der Waals surface area contributed by atoms with Gasteiger partial charge in [-0.1, -0.05) is 55.0 Å². The first-order valence-corrected chi connectivity index (χ1v) is 12.6. The molecule has 2 aromatic rings. The Balaban J connectivity index is 1.10. The van der Waals surface area contributed by atoms with Gasteiger partial charge < -0.3 is 20.5 Å². The summed E-state index contributed by atoms with van der Waals surface area (Å²) >= 11 is 0. The predicted octanol–water partition coefficient (Wildman–Crippen LogP) is 4.46. The number of hydrogen-bond acceptors (Lipinski definition) is 4. The smallest absolute Gasteiger partial charge is 0.407 e. The van der Waals surface area contributed by atoms with E-state index in [1.54, 1.807) is 0 Å². The first kappa shape index (κ1) is 23.4. The lowest BCUT2D eigenvalue weighted by atomic mass is 9.66. The Morgan fingerprint density at radius 2 is 1.63 bits per heavy atom. The standard InChI is InChI=1S/C28H32N2O5/c31-25(32)15-28(12-5-13-28)17-29-26(33)18-10-11-19(14-18)30-27(34)35-16-24-22-8-3-1-6-20(22)21-7-2-4-9-23(21)24/h1-4,6-9,18-19,24H,5,10-17H2,(H,29,33)(H,30,34)(H,31,32)/t18-,19+/m1/s1. The molecule has 0 unspecified atom stereocenters. The Kier molecular flexibility index (Phi) is 6.50. The van der Waals surface area contributed by atoms with Crippen LogP contribution in [0.2, 0.25) is 0 Å². The number of ether oxygens (including phenoxy) is 1. The van der Waals surface area contributed by atoms with Gasteiger partial charge in [0.2, 0.25) is 5.91 Å². The summed E-state index contributed by atoms with van der Waals surface area (Å²) < 4.78 is 5.64. The van der Waals surface area contributed by atoms with Gasteiger partial charge in [0.25, 0.3) is 0 Å². The highest BCUT2D eigenvalue weighted by atomic mass is 16.5. The van der Waals surface area contributed by atoms with Gasteiger partial charge in [0, 0.05) is 24.4 Å². The summed E-state index contributed by atoms with van der Waals surface area (Å²) in [6.45, 7) is 0.682. The Morgan fingerprint density at radius 1 is 0.971 bits per heavy atom. The fourth-order valence-electron chi connectivity index (χ4n) is 5.99. The third kappa shape index (κ3) is 4.90. The second kappa shape index (κ2) is 9.72. The lowest BCUT2D eigenvalue weighted by Gasteiger charge is -2.41. The predicted molar refractivity (Wildman–Crippen MR) is 131 cm³/mol. The molecule has 184 valence electrons. The van der Waals surface area contributed by atoms with Gasteiger partial charge in [-0.05, 0) is 59.8 Å². The topological polar surface area (TPSA) is 105 Å². The van der Waals surface area contributed by atoms with Gasteiger partial charge in [-0.15, -0.1) is 0 Å². The molecule has 2 atom stereocenters. The number of alkyl carbamates (subject to hydrolysis) is 1. The minimum atomic E-state index is -0.813. The van der Waals surface area contributed by atoms with E-state index in [2.05, 4.69) is 34.9 Å². The average Bonchev–Trinajstić information content (AvgIpc) is 3.42. The van der Waals surface area contributed by atoms with E-state index < -0.39 is 12.1 Å². The van der Waals surface area contributed by atoms with Gasteiger partial charge in [-0.2, -0.15) is 0 Å². The molecular weight excluding hydrogens is 444 g/mol. The van der Waals surface area contributed by atoms with Crippen molar-refractivity contribution in [1.29, 1.82) is 0 Å². The van der Waals surface area contributed by atoms with Crippen LogP contribution >= 0.6 is 0 Å². The number of rotatable bonds is 8. The zero-order valence-corrected chi connectivity index (χ0v) is 19.8. The Hall–Kier alpha value is -3.35. The quantitative estimate of drug-likeness (QED) is 0.522. The third-order valence-corrected chi connectivity index (χ3v) is 8.05. The molecule has 2 fully saturated rings. The van der Waals surface area contributed by atoms with Gasteiger partial charge >= 0.3 is 12.1 Å². The number of hydrogen-bond donors (Lipinski definition) is 3. The number of aliphatic carboxylic acids is 1. The summed E-state index contributed by atoms with van der Waals surface area (Å²) in [6.07, 6.45) is 4.35. The largest absolute Gasteiger partial charge is 0.481 e. The molecule has 5 rings (SSSR count). The summed E-state index contributed by atoms with van der Waals surface area (Å²) in [6, 6.07) is 16.4. The highest BCUT2D eigenvalue weighted by Crippen LogP contribution is 2.45. The molecule has 2 saturated carbocycles. The number of nitrogens with one attached hydrogen (secondary N) is 2. The van der Waals surface area contributed by atoms with Crippen LogP contribution < -0.4 is 10.6 Å². The first-order valence-electron chi connectivity index (χ1n) is 12.6. The molecule has 2 amide bonds. The molecule has 7 heteroatoms. The van der Waals surface area contributed by atoms with E-state index in [0.29, 0.717) is 19.4 Å². The van der Waals surface area contributed by atoms with E-state index in [9.17, 15) is 14.4 Å². The van der Waals surface area contributed by atoms with Crippen molar-refractivity contribution < 1.29 is 24.2 Å². The zero-order valence-electron chi connectivity index (χ0n) is 19.8. The molecule has 0 spiro atoms. The van der Waals surface area contributed by atoms with Crippen LogP contribution in [0.3, 0.4) is 0 Å². The maximum Gasteiger partial charge on any atom is 0.407 e. The Morgan fingerprint density at radius 3 is 2.23 bits per heavy atom. The number of carbonyl (C=O) groups excluding carboxylic acids is 2. The molecule has 7 nitrogen and oxygen atoms in total. The van der Waals surface area contributed by atoms with Gasteiger partial charge in [-0.25, -0.2) is 4.79 Å². The molecule has 0 aliphatic heterocycles. The van der Waals surface area contributed by atoms with E-state index in [4.69, 9.17) is 9.84 Å². The van der Waals surface area contributed by atoms with Crippen molar-refractivity contribution in [3.8, 4) is 11.1 Å². The lowest BCUT2D eigenvalue weighted by Crippen LogP contribution is -2.45. The number of fused-ring (bicyclic) bond motifs is 3. The molecule has 0 saturated heterocycles. The molecule has 2 aromatic carbocycles. The zero-order chi connectivity index (χ0) is 24.4. The molecule has 0 bridgehead atoms. The highest BCUT2D eigenvalue weighted by Gasteiger charge is 2.40. The molecule has 0 heterocycles. The number of amides is 2. The van der Waals surface area contributed by atoms with Crippen LogP contribution in [0.15, 0.2) is 48.5 Å². The van der Waals surface area contributed by atoms with Crippen LogP contribution in [0.1, 0.15) is 62.0 Å². The fourth-order valence-corrected chi connectivity index (χ4v) is 5.99. The van der Waals surface area contributed by atoms with E-state index in [1.165, 1.54) is 22.3 Å². The van der Waals surface area contributed by atoms with Crippen molar-refractivity contribution in [3.05, 3.63) is 59.7 Å². The number of carboxylic acid groups (broad SMARTS) is 1. The maximum atomic E-state index is 12.7. The van der Waals surface area contributed by atoms with Gasteiger partial charge in [0.1, 0.15) is 6.61 Å². The van der Waals surface area contributed by atoms with E-state index in [-0.39, 0.29) is 42.2 Å². The SMILES string of the molecule is O=C(O)CC1(CNC(=O)[C@@H]2CC[C@H](NC(=O)OCC3c4ccccc4-c4ccccc43)C2)CCC1. The maximum absolute atomic E-state index is 12.7. The van der Waals surface area contributed by atoms with E-state index in [0.717, 1.165) is 25.7 Å². The number of carbonyl (C=O) groups is 3. The molecule has 0 aromatic heterocycles. The van der Waals surface area contributed by atoms with E-state index >= 15 is 0 Å². The molecule has 35 heavy (non-hydrogen) atoms. The number of carboxylic acids is 1. The molecule has 3 aliphatic rings. The Bertz CT molecular complexity index is 1080. The van der Waals surface area contributed by atoms with Crippen LogP contribution in [-0.4, -0.2) is 42.3 Å². The fraction of sp³-hybridized carbons (Fsp3) is 0.464. The van der Waals surface area contributed by atoms with Crippen LogP contribution in [0.5, 0.6) is 0 Å². The molecule has 3 N–H and O–H groups in total. The van der Waals surface area contributed by atoms with Crippen molar-refractivity contribution in [3.63, 3.8) is 0 Å². The molecule has 3 aliphatic carbocycles. The van der Waals surface area contributed by atoms with Crippen LogP contribution in [0.25, 0.3) is 11.1 Å². The van der Waals surface area contributed by atoms with Crippen LogP contribution in [0, 0.1) is 11.3 Å². The normalized spacial score (nSPS) is 21.9. The summed E-state index contributed by atoms with van der Waals surface area (Å²) in [4.78, 5) is 36.4. The Labute approximate surface area is 205 Å².